The van der Waals surface area contributed by atoms with Gasteiger partial charge in [0.25, 0.3) is 0 Å². The number of hydrogen-bond acceptors (Lipinski definition) is 3. The first kappa shape index (κ1) is 14.9. The monoisotopic (exact) mass is 305 g/mol. The zero-order valence-corrected chi connectivity index (χ0v) is 12.8. The first-order valence-corrected chi connectivity index (χ1v) is 7.53. The maximum Gasteiger partial charge on any atom is 0.148 e. The summed E-state index contributed by atoms with van der Waals surface area (Å²) in [4.78, 5) is 1.22. The molecule has 1 heterocycles. The SMILES string of the molecule is C#CCOc1ccccc1CNC(C)c1ccc(Cl)s1. The van der Waals surface area contributed by atoms with Crippen molar-refractivity contribution in [2.75, 3.05) is 6.61 Å². The second-order valence-electron chi connectivity index (χ2n) is 4.34. The van der Waals surface area contributed by atoms with E-state index in [1.807, 2.05) is 36.4 Å². The molecule has 2 nitrogen and oxygen atoms in total. The third-order valence-corrected chi connectivity index (χ3v) is 4.32. The Morgan fingerprint density at radius 1 is 1.35 bits per heavy atom. The van der Waals surface area contributed by atoms with Crippen LogP contribution < -0.4 is 10.1 Å². The van der Waals surface area contributed by atoms with Gasteiger partial charge in [0.15, 0.2) is 0 Å². The number of para-hydroxylation sites is 1. The van der Waals surface area contributed by atoms with Crippen molar-refractivity contribution in [3.05, 3.63) is 51.2 Å². The van der Waals surface area contributed by atoms with Gasteiger partial charge in [0.1, 0.15) is 12.4 Å². The van der Waals surface area contributed by atoms with Gasteiger partial charge in [-0.05, 0) is 25.1 Å². The van der Waals surface area contributed by atoms with Crippen LogP contribution in [0.2, 0.25) is 4.34 Å². The highest BCUT2D eigenvalue weighted by Crippen LogP contribution is 2.27. The summed E-state index contributed by atoms with van der Waals surface area (Å²) in [5.41, 5.74) is 1.09. The molecule has 0 aliphatic heterocycles. The molecular formula is C16H16ClNOS. The number of hydrogen-bond donors (Lipinski definition) is 1. The molecule has 0 saturated heterocycles. The Kier molecular flexibility index (Phi) is 5.49. The molecule has 0 aliphatic rings. The van der Waals surface area contributed by atoms with E-state index in [9.17, 15) is 0 Å². The van der Waals surface area contributed by atoms with Gasteiger partial charge < -0.3 is 10.1 Å². The van der Waals surface area contributed by atoms with Gasteiger partial charge >= 0.3 is 0 Å². The largest absolute Gasteiger partial charge is 0.481 e. The fourth-order valence-corrected chi connectivity index (χ4v) is 2.92. The molecule has 0 fully saturated rings. The van der Waals surface area contributed by atoms with Crippen molar-refractivity contribution in [2.24, 2.45) is 0 Å². The maximum atomic E-state index is 5.96. The van der Waals surface area contributed by atoms with Gasteiger partial charge in [-0.3, -0.25) is 0 Å². The van der Waals surface area contributed by atoms with E-state index >= 15 is 0 Å². The predicted molar refractivity (Wildman–Crippen MR) is 85.4 cm³/mol. The Morgan fingerprint density at radius 2 is 2.15 bits per heavy atom. The van der Waals surface area contributed by atoms with Crippen molar-refractivity contribution in [1.29, 1.82) is 0 Å². The van der Waals surface area contributed by atoms with Crippen LogP contribution in [0.25, 0.3) is 0 Å². The van der Waals surface area contributed by atoms with Crippen molar-refractivity contribution < 1.29 is 4.74 Å². The molecule has 0 saturated carbocycles. The van der Waals surface area contributed by atoms with Crippen molar-refractivity contribution >= 4 is 22.9 Å². The van der Waals surface area contributed by atoms with Gasteiger partial charge in [0.2, 0.25) is 0 Å². The number of benzene rings is 1. The Labute approximate surface area is 128 Å². The van der Waals surface area contributed by atoms with Gasteiger partial charge in [0.05, 0.1) is 4.34 Å². The molecule has 1 unspecified atom stereocenters. The number of rotatable bonds is 6. The fraction of sp³-hybridized carbons (Fsp3) is 0.250. The summed E-state index contributed by atoms with van der Waals surface area (Å²) in [6.07, 6.45) is 5.23. The average molecular weight is 306 g/mol. The molecule has 1 atom stereocenters. The maximum absolute atomic E-state index is 5.96. The highest BCUT2D eigenvalue weighted by atomic mass is 35.5. The lowest BCUT2D eigenvalue weighted by Gasteiger charge is -2.14. The smallest absolute Gasteiger partial charge is 0.148 e. The van der Waals surface area contributed by atoms with E-state index in [1.165, 1.54) is 4.88 Å². The van der Waals surface area contributed by atoms with Crippen molar-refractivity contribution in [1.82, 2.24) is 5.32 Å². The lowest BCUT2D eigenvalue weighted by Crippen LogP contribution is -2.17. The Morgan fingerprint density at radius 3 is 2.85 bits per heavy atom. The number of halogens is 1. The van der Waals surface area contributed by atoms with Crippen LogP contribution in [0.4, 0.5) is 0 Å². The van der Waals surface area contributed by atoms with Crippen molar-refractivity contribution in [2.45, 2.75) is 19.5 Å². The molecule has 2 rings (SSSR count). The number of ether oxygens (including phenoxy) is 1. The second-order valence-corrected chi connectivity index (χ2v) is 6.09. The zero-order valence-electron chi connectivity index (χ0n) is 11.2. The second kappa shape index (κ2) is 7.35. The van der Waals surface area contributed by atoms with Crippen LogP contribution in [0.1, 0.15) is 23.4 Å². The molecule has 0 spiro atoms. The molecule has 2 aromatic rings. The standard InChI is InChI=1S/C16H16ClNOS/c1-3-10-19-14-7-5-4-6-13(14)11-18-12(2)15-8-9-16(17)20-15/h1,4-9,12,18H,10-11H2,2H3. The van der Waals surface area contributed by atoms with E-state index in [1.54, 1.807) is 11.3 Å². The van der Waals surface area contributed by atoms with Crippen LogP contribution in [0.5, 0.6) is 5.75 Å². The van der Waals surface area contributed by atoms with Crippen molar-refractivity contribution in [3.8, 4) is 18.1 Å². The zero-order chi connectivity index (χ0) is 14.4. The lowest BCUT2D eigenvalue weighted by molar-refractivity contribution is 0.364. The summed E-state index contributed by atoms with van der Waals surface area (Å²) in [7, 11) is 0. The van der Waals surface area contributed by atoms with E-state index in [-0.39, 0.29) is 12.6 Å². The molecule has 0 bridgehead atoms. The van der Waals surface area contributed by atoms with Gasteiger partial charge in [-0.15, -0.1) is 17.8 Å². The van der Waals surface area contributed by atoms with Gasteiger partial charge in [-0.1, -0.05) is 35.7 Å². The van der Waals surface area contributed by atoms with E-state index in [0.717, 1.165) is 22.2 Å². The molecule has 20 heavy (non-hydrogen) atoms. The summed E-state index contributed by atoms with van der Waals surface area (Å²) in [6, 6.07) is 12.1. The molecule has 1 aromatic carbocycles. The molecule has 0 radical (unpaired) electrons. The van der Waals surface area contributed by atoms with Crippen LogP contribution in [0, 0.1) is 12.3 Å². The van der Waals surface area contributed by atoms with Gasteiger partial charge in [-0.2, -0.15) is 0 Å². The summed E-state index contributed by atoms with van der Waals surface area (Å²) in [5, 5.41) is 3.47. The quantitative estimate of drug-likeness (QED) is 0.805. The van der Waals surface area contributed by atoms with E-state index in [2.05, 4.69) is 18.2 Å². The highest BCUT2D eigenvalue weighted by molar-refractivity contribution is 7.16. The normalized spacial score (nSPS) is 11.8. The Bertz CT molecular complexity index is 603. The molecule has 1 aromatic heterocycles. The third-order valence-electron chi connectivity index (χ3n) is 2.90. The van der Waals surface area contributed by atoms with Crippen LogP contribution in [0.15, 0.2) is 36.4 Å². The summed E-state index contributed by atoms with van der Waals surface area (Å²) >= 11 is 7.55. The third kappa shape index (κ3) is 4.01. The molecule has 104 valence electrons. The van der Waals surface area contributed by atoms with Crippen LogP contribution in [0.3, 0.4) is 0 Å². The van der Waals surface area contributed by atoms with Crippen LogP contribution in [-0.2, 0) is 6.54 Å². The predicted octanol–water partition coefficient (Wildman–Crippen LogP) is 4.26. The Hall–Kier alpha value is -1.47. The summed E-state index contributed by atoms with van der Waals surface area (Å²) in [5.74, 6) is 3.31. The summed E-state index contributed by atoms with van der Waals surface area (Å²) < 4.78 is 6.35. The number of nitrogens with one attached hydrogen (secondary N) is 1. The first-order chi connectivity index (χ1) is 9.70. The fourth-order valence-electron chi connectivity index (χ4n) is 1.83. The lowest BCUT2D eigenvalue weighted by atomic mass is 10.2. The van der Waals surface area contributed by atoms with Crippen molar-refractivity contribution in [3.63, 3.8) is 0 Å². The number of thiophene rings is 1. The summed E-state index contributed by atoms with van der Waals surface area (Å²) in [6.45, 7) is 3.12. The molecule has 4 heteroatoms. The Balaban J connectivity index is 1.98. The van der Waals surface area contributed by atoms with E-state index in [4.69, 9.17) is 22.8 Å². The molecule has 0 amide bonds. The topological polar surface area (TPSA) is 21.3 Å². The van der Waals surface area contributed by atoms with Crippen LogP contribution in [-0.4, -0.2) is 6.61 Å². The van der Waals surface area contributed by atoms with Gasteiger partial charge in [0, 0.05) is 23.0 Å². The minimum Gasteiger partial charge on any atom is -0.481 e. The molecular weight excluding hydrogens is 290 g/mol. The number of terminal acetylenes is 1. The molecule has 1 N–H and O–H groups in total. The van der Waals surface area contributed by atoms with Gasteiger partial charge in [-0.25, -0.2) is 0 Å². The minimum absolute atomic E-state index is 0.244. The average Bonchev–Trinajstić information content (AvgIpc) is 2.90. The van der Waals surface area contributed by atoms with E-state index in [0.29, 0.717) is 0 Å². The molecule has 0 aliphatic carbocycles. The first-order valence-electron chi connectivity index (χ1n) is 6.33. The van der Waals surface area contributed by atoms with Crippen LogP contribution >= 0.6 is 22.9 Å². The highest BCUT2D eigenvalue weighted by Gasteiger charge is 2.09. The minimum atomic E-state index is 0.244. The van der Waals surface area contributed by atoms with E-state index < -0.39 is 0 Å².